The number of aryl methyl sites for hydroxylation is 1. The highest BCUT2D eigenvalue weighted by Gasteiger charge is 2.29. The second-order valence-electron chi connectivity index (χ2n) is 6.87. The summed E-state index contributed by atoms with van der Waals surface area (Å²) in [7, 11) is -3.45. The van der Waals surface area contributed by atoms with Crippen LogP contribution >= 0.6 is 0 Å². The normalized spacial score (nSPS) is 16.3. The van der Waals surface area contributed by atoms with Crippen LogP contribution in [0.15, 0.2) is 64.0 Å². The highest BCUT2D eigenvalue weighted by molar-refractivity contribution is 7.89. The van der Waals surface area contributed by atoms with Gasteiger partial charge in [0.15, 0.2) is 0 Å². The van der Waals surface area contributed by atoms with E-state index in [1.165, 1.54) is 4.31 Å². The van der Waals surface area contributed by atoms with Crippen molar-refractivity contribution >= 4 is 10.0 Å². The van der Waals surface area contributed by atoms with E-state index in [-0.39, 0.29) is 0 Å². The monoisotopic (exact) mass is 398 g/mol. The summed E-state index contributed by atoms with van der Waals surface area (Å²) in [5, 5.41) is 4.03. The van der Waals surface area contributed by atoms with Crippen molar-refractivity contribution in [2.45, 2.75) is 18.4 Å². The third kappa shape index (κ3) is 3.99. The Kier molecular flexibility index (Phi) is 5.25. The van der Waals surface area contributed by atoms with Crippen LogP contribution in [0.2, 0.25) is 0 Å². The van der Waals surface area contributed by atoms with Gasteiger partial charge < -0.3 is 4.52 Å². The Bertz CT molecular complexity index is 1020. The number of hydrogen-bond acceptors (Lipinski definition) is 6. The van der Waals surface area contributed by atoms with Crippen LogP contribution in [0.1, 0.15) is 11.5 Å². The molecule has 2 heterocycles. The maximum absolute atomic E-state index is 12.8. The van der Waals surface area contributed by atoms with Crippen molar-refractivity contribution in [3.8, 4) is 11.4 Å². The minimum absolute atomic E-state index is 0.343. The minimum Gasteiger partial charge on any atom is -0.338 e. The van der Waals surface area contributed by atoms with Gasteiger partial charge in [-0.2, -0.15) is 9.29 Å². The quantitative estimate of drug-likeness (QED) is 0.657. The van der Waals surface area contributed by atoms with Crippen LogP contribution in [0.4, 0.5) is 0 Å². The van der Waals surface area contributed by atoms with Crippen LogP contribution in [-0.4, -0.2) is 53.9 Å². The number of sulfonamides is 1. The largest absolute Gasteiger partial charge is 0.338 e. The fourth-order valence-corrected chi connectivity index (χ4v) is 4.62. The Morgan fingerprint density at radius 2 is 1.64 bits per heavy atom. The van der Waals surface area contributed by atoms with Crippen molar-refractivity contribution in [2.75, 3.05) is 26.2 Å². The number of rotatable bonds is 5. The first-order valence-electron chi connectivity index (χ1n) is 9.19. The van der Waals surface area contributed by atoms with Gasteiger partial charge in [-0.05, 0) is 19.1 Å². The van der Waals surface area contributed by atoms with E-state index in [4.69, 9.17) is 4.52 Å². The van der Waals surface area contributed by atoms with E-state index < -0.39 is 10.0 Å². The zero-order valence-corrected chi connectivity index (χ0v) is 16.5. The Hall–Kier alpha value is -2.55. The van der Waals surface area contributed by atoms with Gasteiger partial charge in [-0.25, -0.2) is 8.42 Å². The van der Waals surface area contributed by atoms with Gasteiger partial charge in [0, 0.05) is 31.7 Å². The van der Waals surface area contributed by atoms with Crippen molar-refractivity contribution in [3.05, 3.63) is 66.1 Å². The van der Waals surface area contributed by atoms with Crippen LogP contribution in [0.25, 0.3) is 11.4 Å². The smallest absolute Gasteiger partial charge is 0.243 e. The molecule has 0 aliphatic carbocycles. The van der Waals surface area contributed by atoms with E-state index in [0.717, 1.165) is 11.1 Å². The first-order valence-corrected chi connectivity index (χ1v) is 10.6. The number of piperazine rings is 1. The first-order chi connectivity index (χ1) is 13.5. The molecular formula is C20H22N4O3S. The second-order valence-corrected chi connectivity index (χ2v) is 8.81. The van der Waals surface area contributed by atoms with Crippen molar-refractivity contribution in [1.29, 1.82) is 0 Å². The molecule has 1 aliphatic heterocycles. The molecule has 0 unspecified atom stereocenters. The number of nitrogens with zero attached hydrogens (tertiary/aromatic N) is 4. The molecule has 1 aliphatic rings. The topological polar surface area (TPSA) is 79.5 Å². The fourth-order valence-electron chi connectivity index (χ4n) is 3.20. The zero-order chi connectivity index (χ0) is 19.6. The molecule has 4 rings (SSSR count). The summed E-state index contributed by atoms with van der Waals surface area (Å²) >= 11 is 0. The third-order valence-electron chi connectivity index (χ3n) is 4.85. The molecule has 7 nitrogen and oxygen atoms in total. The molecule has 0 saturated carbocycles. The molecule has 0 amide bonds. The Morgan fingerprint density at radius 1 is 0.964 bits per heavy atom. The predicted octanol–water partition coefficient (Wildman–Crippen LogP) is 2.55. The number of benzene rings is 2. The standard InChI is InChI=1S/C20H22N4O3S/c1-16-7-9-18(10-8-16)28(25,26)24-13-11-23(12-14-24)15-19-21-20(22-27-19)17-5-3-2-4-6-17/h2-10H,11-15H2,1H3. The summed E-state index contributed by atoms with van der Waals surface area (Å²) in [5.41, 5.74) is 1.95. The molecule has 0 atom stereocenters. The average molecular weight is 398 g/mol. The molecule has 28 heavy (non-hydrogen) atoms. The third-order valence-corrected chi connectivity index (χ3v) is 6.76. The molecule has 146 valence electrons. The number of hydrogen-bond donors (Lipinski definition) is 0. The fraction of sp³-hybridized carbons (Fsp3) is 0.300. The Morgan fingerprint density at radius 3 is 2.32 bits per heavy atom. The van der Waals surface area contributed by atoms with Gasteiger partial charge in [0.1, 0.15) is 0 Å². The van der Waals surface area contributed by atoms with Crippen LogP contribution in [0.5, 0.6) is 0 Å². The van der Waals surface area contributed by atoms with Crippen molar-refractivity contribution in [2.24, 2.45) is 0 Å². The Balaban J connectivity index is 1.37. The summed E-state index contributed by atoms with van der Waals surface area (Å²) < 4.78 is 32.5. The highest BCUT2D eigenvalue weighted by atomic mass is 32.2. The SMILES string of the molecule is Cc1ccc(S(=O)(=O)N2CCN(Cc3nc(-c4ccccc4)no3)CC2)cc1. The van der Waals surface area contributed by atoms with Crippen molar-refractivity contribution in [3.63, 3.8) is 0 Å². The van der Waals surface area contributed by atoms with Gasteiger partial charge in [-0.1, -0.05) is 53.2 Å². The van der Waals surface area contributed by atoms with Gasteiger partial charge in [0.25, 0.3) is 0 Å². The van der Waals surface area contributed by atoms with Crippen LogP contribution in [0, 0.1) is 6.92 Å². The lowest BCUT2D eigenvalue weighted by molar-refractivity contribution is 0.163. The zero-order valence-electron chi connectivity index (χ0n) is 15.7. The van der Waals surface area contributed by atoms with E-state index >= 15 is 0 Å². The van der Waals surface area contributed by atoms with Crippen molar-refractivity contribution < 1.29 is 12.9 Å². The molecule has 0 radical (unpaired) electrons. The van der Waals surface area contributed by atoms with E-state index in [2.05, 4.69) is 15.0 Å². The maximum Gasteiger partial charge on any atom is 0.243 e. The summed E-state index contributed by atoms with van der Waals surface area (Å²) in [6.45, 7) is 4.57. The summed E-state index contributed by atoms with van der Waals surface area (Å²) in [5.74, 6) is 1.10. The lowest BCUT2D eigenvalue weighted by Gasteiger charge is -2.33. The van der Waals surface area contributed by atoms with Crippen molar-refractivity contribution in [1.82, 2.24) is 19.3 Å². The average Bonchev–Trinajstić information content (AvgIpc) is 3.18. The molecule has 0 bridgehead atoms. The van der Waals surface area contributed by atoms with Crippen LogP contribution in [0.3, 0.4) is 0 Å². The number of aromatic nitrogens is 2. The Labute approximate surface area is 164 Å². The first kappa shape index (κ1) is 18.8. The molecule has 0 N–H and O–H groups in total. The predicted molar refractivity (Wildman–Crippen MR) is 105 cm³/mol. The van der Waals surface area contributed by atoms with Crippen LogP contribution < -0.4 is 0 Å². The highest BCUT2D eigenvalue weighted by Crippen LogP contribution is 2.20. The van der Waals surface area contributed by atoms with E-state index in [9.17, 15) is 8.42 Å². The molecule has 1 saturated heterocycles. The summed E-state index contributed by atoms with van der Waals surface area (Å²) in [6.07, 6.45) is 0. The van der Waals surface area contributed by atoms with Gasteiger partial charge in [-0.3, -0.25) is 4.90 Å². The summed E-state index contributed by atoms with van der Waals surface area (Å²) in [4.78, 5) is 6.92. The molecule has 1 aromatic heterocycles. The van der Waals surface area contributed by atoms with E-state index in [0.29, 0.717) is 49.3 Å². The summed E-state index contributed by atoms with van der Waals surface area (Å²) in [6, 6.07) is 16.6. The molecule has 2 aromatic carbocycles. The maximum atomic E-state index is 12.8. The molecular weight excluding hydrogens is 376 g/mol. The van der Waals surface area contributed by atoms with E-state index in [1.54, 1.807) is 12.1 Å². The van der Waals surface area contributed by atoms with Gasteiger partial charge in [0.05, 0.1) is 11.4 Å². The van der Waals surface area contributed by atoms with Crippen LogP contribution in [-0.2, 0) is 16.6 Å². The minimum atomic E-state index is -3.45. The van der Waals surface area contributed by atoms with E-state index in [1.807, 2.05) is 49.4 Å². The lowest BCUT2D eigenvalue weighted by atomic mass is 10.2. The molecule has 0 spiro atoms. The lowest BCUT2D eigenvalue weighted by Crippen LogP contribution is -2.48. The van der Waals surface area contributed by atoms with Gasteiger partial charge in [-0.15, -0.1) is 0 Å². The molecule has 8 heteroatoms. The van der Waals surface area contributed by atoms with Gasteiger partial charge >= 0.3 is 0 Å². The molecule has 1 fully saturated rings. The second kappa shape index (κ2) is 7.83. The molecule has 3 aromatic rings. The van der Waals surface area contributed by atoms with Gasteiger partial charge in [0.2, 0.25) is 21.7 Å².